The summed E-state index contributed by atoms with van der Waals surface area (Å²) < 4.78 is 7.02. The number of anilines is 1. The highest BCUT2D eigenvalue weighted by molar-refractivity contribution is 6.06. The van der Waals surface area contributed by atoms with Crippen LogP contribution in [0.5, 0.6) is 5.75 Å². The van der Waals surface area contributed by atoms with Crippen molar-refractivity contribution in [3.05, 3.63) is 72.3 Å². The minimum absolute atomic E-state index is 0.0249. The second-order valence-electron chi connectivity index (χ2n) is 7.24. The van der Waals surface area contributed by atoms with E-state index in [-0.39, 0.29) is 11.9 Å². The summed E-state index contributed by atoms with van der Waals surface area (Å²) in [5, 5.41) is 4.12. The van der Waals surface area contributed by atoms with Gasteiger partial charge in [0.25, 0.3) is 5.91 Å². The average molecular weight is 376 g/mol. The zero-order valence-corrected chi connectivity index (χ0v) is 16.2. The van der Waals surface area contributed by atoms with Crippen molar-refractivity contribution in [2.75, 3.05) is 12.0 Å². The fourth-order valence-electron chi connectivity index (χ4n) is 3.46. The van der Waals surface area contributed by atoms with Gasteiger partial charge in [-0.1, -0.05) is 12.1 Å². The van der Waals surface area contributed by atoms with Gasteiger partial charge in [-0.05, 0) is 67.6 Å². The van der Waals surface area contributed by atoms with Gasteiger partial charge in [0.1, 0.15) is 18.4 Å². The molecule has 1 aliphatic rings. The van der Waals surface area contributed by atoms with Crippen molar-refractivity contribution in [3.8, 4) is 5.75 Å². The van der Waals surface area contributed by atoms with Gasteiger partial charge in [-0.25, -0.2) is 9.67 Å². The summed E-state index contributed by atoms with van der Waals surface area (Å²) >= 11 is 0. The van der Waals surface area contributed by atoms with E-state index in [1.54, 1.807) is 18.1 Å². The van der Waals surface area contributed by atoms with Crippen LogP contribution in [0.15, 0.2) is 61.2 Å². The number of carbonyl (C=O) groups excluding carboxylic acids is 1. The van der Waals surface area contributed by atoms with Crippen molar-refractivity contribution < 1.29 is 9.53 Å². The van der Waals surface area contributed by atoms with Crippen LogP contribution >= 0.6 is 0 Å². The van der Waals surface area contributed by atoms with Gasteiger partial charge in [0.05, 0.1) is 13.7 Å². The van der Waals surface area contributed by atoms with Gasteiger partial charge in [0, 0.05) is 17.3 Å². The van der Waals surface area contributed by atoms with Gasteiger partial charge in [-0.15, -0.1) is 0 Å². The Labute approximate surface area is 164 Å². The van der Waals surface area contributed by atoms with E-state index in [0.717, 1.165) is 17.0 Å². The third-order valence-corrected chi connectivity index (χ3v) is 5.29. The molecule has 1 fully saturated rings. The quantitative estimate of drug-likeness (QED) is 0.630. The van der Waals surface area contributed by atoms with Crippen LogP contribution in [0.4, 0.5) is 5.69 Å². The Hall–Kier alpha value is -3.15. The first-order valence-corrected chi connectivity index (χ1v) is 9.54. The first-order chi connectivity index (χ1) is 13.7. The normalized spacial score (nSPS) is 14.5. The fourth-order valence-corrected chi connectivity index (χ4v) is 3.46. The molecule has 1 amide bonds. The first-order valence-electron chi connectivity index (χ1n) is 9.54. The van der Waals surface area contributed by atoms with Gasteiger partial charge in [-0.2, -0.15) is 5.10 Å². The maximum absolute atomic E-state index is 13.4. The average Bonchev–Trinajstić information content (AvgIpc) is 3.46. The number of ether oxygens (including phenoxy) is 1. The summed E-state index contributed by atoms with van der Waals surface area (Å²) in [4.78, 5) is 19.2. The van der Waals surface area contributed by atoms with Crippen LogP contribution < -0.4 is 9.64 Å². The van der Waals surface area contributed by atoms with Crippen LogP contribution in [0.25, 0.3) is 0 Å². The van der Waals surface area contributed by atoms with Crippen LogP contribution in [0.3, 0.4) is 0 Å². The molecule has 1 heterocycles. The second-order valence-corrected chi connectivity index (χ2v) is 7.24. The Kier molecular flexibility index (Phi) is 5.10. The van der Waals surface area contributed by atoms with E-state index in [2.05, 4.69) is 17.0 Å². The Bertz CT molecular complexity index is 916. The number of rotatable bonds is 7. The van der Waals surface area contributed by atoms with Crippen LogP contribution in [0, 0.1) is 5.92 Å². The molecule has 0 radical (unpaired) electrons. The molecule has 0 N–H and O–H groups in total. The predicted molar refractivity (Wildman–Crippen MR) is 108 cm³/mol. The molecular formula is C22H24N4O2. The first kappa shape index (κ1) is 18.2. The second kappa shape index (κ2) is 7.84. The Morgan fingerprint density at radius 1 is 1.18 bits per heavy atom. The number of hydrogen-bond acceptors (Lipinski definition) is 4. The summed E-state index contributed by atoms with van der Waals surface area (Å²) in [7, 11) is 1.64. The minimum Gasteiger partial charge on any atom is -0.497 e. The fraction of sp³-hybridized carbons (Fsp3) is 0.318. The molecule has 4 rings (SSSR count). The highest BCUT2D eigenvalue weighted by Crippen LogP contribution is 2.38. The van der Waals surface area contributed by atoms with E-state index in [1.807, 2.05) is 53.4 Å². The van der Waals surface area contributed by atoms with Gasteiger partial charge < -0.3 is 9.64 Å². The standard InChI is InChI=1S/C22H24N4O2/c1-16(18-7-8-18)26(20-9-11-21(28-2)12-10-20)22(27)19-5-3-17(4-6-19)13-25-15-23-14-24-25/h3-6,9-12,14-16,18H,7-8,13H2,1-2H3/t16-/m1/s1. The molecule has 0 bridgehead atoms. The van der Waals surface area contributed by atoms with E-state index in [4.69, 9.17) is 4.74 Å². The third-order valence-electron chi connectivity index (χ3n) is 5.29. The van der Waals surface area contributed by atoms with Gasteiger partial charge >= 0.3 is 0 Å². The lowest BCUT2D eigenvalue weighted by Crippen LogP contribution is -2.40. The molecule has 0 aliphatic heterocycles. The molecule has 0 spiro atoms. The van der Waals surface area contributed by atoms with Gasteiger partial charge in [-0.3, -0.25) is 4.79 Å². The summed E-state index contributed by atoms with van der Waals surface area (Å²) in [6.07, 6.45) is 5.56. The number of aromatic nitrogens is 3. The Morgan fingerprint density at radius 2 is 1.89 bits per heavy atom. The Balaban J connectivity index is 1.57. The number of hydrogen-bond donors (Lipinski definition) is 0. The monoisotopic (exact) mass is 376 g/mol. The van der Waals surface area contributed by atoms with Crippen LogP contribution in [-0.4, -0.2) is 33.8 Å². The third kappa shape index (κ3) is 3.91. The maximum Gasteiger partial charge on any atom is 0.258 e. The van der Waals surface area contributed by atoms with E-state index in [1.165, 1.54) is 19.2 Å². The summed E-state index contributed by atoms with van der Waals surface area (Å²) in [6, 6.07) is 15.6. The van der Waals surface area contributed by atoms with Crippen molar-refractivity contribution in [2.24, 2.45) is 5.92 Å². The highest BCUT2D eigenvalue weighted by atomic mass is 16.5. The van der Waals surface area contributed by atoms with E-state index in [9.17, 15) is 4.79 Å². The van der Waals surface area contributed by atoms with Gasteiger partial charge in [0.15, 0.2) is 0 Å². The van der Waals surface area contributed by atoms with Crippen LogP contribution in [-0.2, 0) is 6.54 Å². The lowest BCUT2D eigenvalue weighted by molar-refractivity contribution is 0.0975. The topological polar surface area (TPSA) is 60.2 Å². The number of nitrogens with zero attached hydrogens (tertiary/aromatic N) is 4. The molecule has 3 aromatic rings. The molecule has 1 aromatic heterocycles. The van der Waals surface area contributed by atoms with Crippen molar-refractivity contribution in [1.29, 1.82) is 0 Å². The smallest absolute Gasteiger partial charge is 0.258 e. The summed E-state index contributed by atoms with van der Waals surface area (Å²) in [6.45, 7) is 2.77. The predicted octanol–water partition coefficient (Wildman–Crippen LogP) is 3.78. The summed E-state index contributed by atoms with van der Waals surface area (Å²) in [5.41, 5.74) is 2.66. The molecule has 6 nitrogen and oxygen atoms in total. The lowest BCUT2D eigenvalue weighted by Gasteiger charge is -2.30. The Morgan fingerprint density at radius 3 is 2.46 bits per heavy atom. The molecule has 1 aliphatic carbocycles. The van der Waals surface area contributed by atoms with Crippen molar-refractivity contribution in [1.82, 2.24) is 14.8 Å². The SMILES string of the molecule is COc1ccc(N(C(=O)c2ccc(Cn3cncn3)cc2)[C@H](C)C2CC2)cc1. The largest absolute Gasteiger partial charge is 0.497 e. The molecule has 28 heavy (non-hydrogen) atoms. The van der Waals surface area contributed by atoms with E-state index < -0.39 is 0 Å². The highest BCUT2D eigenvalue weighted by Gasteiger charge is 2.35. The molecule has 2 aromatic carbocycles. The lowest BCUT2D eigenvalue weighted by atomic mass is 10.1. The molecule has 144 valence electrons. The molecule has 0 saturated heterocycles. The van der Waals surface area contributed by atoms with E-state index >= 15 is 0 Å². The maximum atomic E-state index is 13.4. The molecule has 1 atom stereocenters. The zero-order chi connectivity index (χ0) is 19.5. The molecule has 6 heteroatoms. The summed E-state index contributed by atoms with van der Waals surface area (Å²) in [5.74, 6) is 1.38. The number of amides is 1. The van der Waals surface area contributed by atoms with Crippen molar-refractivity contribution in [2.45, 2.75) is 32.4 Å². The van der Waals surface area contributed by atoms with Crippen LogP contribution in [0.1, 0.15) is 35.7 Å². The van der Waals surface area contributed by atoms with Crippen molar-refractivity contribution >= 4 is 11.6 Å². The van der Waals surface area contributed by atoms with Gasteiger partial charge in [0.2, 0.25) is 0 Å². The number of carbonyl (C=O) groups is 1. The number of benzene rings is 2. The zero-order valence-electron chi connectivity index (χ0n) is 16.2. The molecule has 1 saturated carbocycles. The van der Waals surface area contributed by atoms with E-state index in [0.29, 0.717) is 18.0 Å². The minimum atomic E-state index is 0.0249. The molecular weight excluding hydrogens is 352 g/mol. The molecule has 0 unspecified atom stereocenters. The van der Waals surface area contributed by atoms with Crippen molar-refractivity contribution in [3.63, 3.8) is 0 Å². The number of methoxy groups -OCH3 is 1. The van der Waals surface area contributed by atoms with Crippen LogP contribution in [0.2, 0.25) is 0 Å².